The molecule has 0 aliphatic carbocycles. The summed E-state index contributed by atoms with van der Waals surface area (Å²) in [7, 11) is 0. The average molecular weight is 386 g/mol. The fraction of sp³-hybridized carbons (Fsp3) is 0.750. The van der Waals surface area contributed by atoms with Gasteiger partial charge in [-0.15, -0.1) is 0 Å². The number of carbonyl (C=O) groups excluding carboxylic acids is 1. The van der Waals surface area contributed by atoms with Crippen LogP contribution in [0, 0.1) is 5.41 Å². The zero-order chi connectivity index (χ0) is 20.4. The Hall–Kier alpha value is -2.56. The highest BCUT2D eigenvalue weighted by Crippen LogP contribution is 2.31. The quantitative estimate of drug-likeness (QED) is 0.537. The van der Waals surface area contributed by atoms with E-state index in [9.17, 15) is 34.5 Å². The van der Waals surface area contributed by atoms with Crippen LogP contribution in [0.25, 0.3) is 0 Å². The number of ketones is 1. The molecule has 152 valence electrons. The van der Waals surface area contributed by atoms with Gasteiger partial charge in [-0.1, -0.05) is 13.8 Å². The second kappa shape index (κ2) is 7.99. The molecule has 11 nitrogen and oxygen atoms in total. The van der Waals surface area contributed by atoms with E-state index < -0.39 is 29.7 Å². The molecule has 2 heterocycles. The third kappa shape index (κ3) is 4.59. The third-order valence-corrected chi connectivity index (χ3v) is 5.45. The fourth-order valence-electron chi connectivity index (χ4n) is 3.51. The van der Waals surface area contributed by atoms with Crippen LogP contribution in [-0.2, 0) is 4.79 Å². The molecule has 0 aromatic carbocycles. The number of hydrogen-bond donors (Lipinski definition) is 3. The van der Waals surface area contributed by atoms with E-state index >= 15 is 0 Å². The van der Waals surface area contributed by atoms with Gasteiger partial charge in [-0.2, -0.15) is 0 Å². The zero-order valence-electron chi connectivity index (χ0n) is 15.5. The van der Waals surface area contributed by atoms with E-state index in [2.05, 4.69) is 0 Å². The largest absolute Gasteiger partial charge is 0.465 e. The van der Waals surface area contributed by atoms with Crippen LogP contribution in [0.3, 0.4) is 0 Å². The molecule has 11 heteroatoms. The van der Waals surface area contributed by atoms with Gasteiger partial charge < -0.3 is 30.0 Å². The van der Waals surface area contributed by atoms with Gasteiger partial charge in [0, 0.05) is 51.2 Å². The standard InChI is InChI=1S/C16H26N4O7/c1-16(2)11-9-17(10-12(16)21)3-4-18(13(22)23)5-6-19(14(24)25)7-8-20(11)15(26)27/h11H,3-10H2,1-2H3,(H,22,23)(H,24,25)(H,26,27). The number of carboxylic acid groups (broad SMARTS) is 3. The monoisotopic (exact) mass is 386 g/mol. The zero-order valence-corrected chi connectivity index (χ0v) is 15.5. The third-order valence-electron chi connectivity index (χ3n) is 5.45. The van der Waals surface area contributed by atoms with Crippen molar-refractivity contribution in [2.75, 3.05) is 52.4 Å². The minimum absolute atomic E-state index is 0.0224. The number of rotatable bonds is 0. The molecule has 0 spiro atoms. The Kier molecular flexibility index (Phi) is 6.14. The molecule has 2 aliphatic rings. The highest BCUT2D eigenvalue weighted by molar-refractivity contribution is 5.88. The van der Waals surface area contributed by atoms with Crippen molar-refractivity contribution in [2.45, 2.75) is 19.9 Å². The summed E-state index contributed by atoms with van der Waals surface area (Å²) < 4.78 is 0. The van der Waals surface area contributed by atoms with Crippen molar-refractivity contribution in [1.82, 2.24) is 19.6 Å². The summed E-state index contributed by atoms with van der Waals surface area (Å²) in [6.07, 6.45) is -3.62. The lowest BCUT2D eigenvalue weighted by molar-refractivity contribution is -0.137. The minimum Gasteiger partial charge on any atom is -0.465 e. The molecule has 2 aliphatic heterocycles. The smallest absolute Gasteiger partial charge is 0.407 e. The fourth-order valence-corrected chi connectivity index (χ4v) is 3.51. The van der Waals surface area contributed by atoms with Gasteiger partial charge in [-0.05, 0) is 0 Å². The predicted octanol–water partition coefficient (Wildman–Crippen LogP) is 0.220. The van der Waals surface area contributed by atoms with Crippen LogP contribution in [-0.4, -0.2) is 117 Å². The number of nitrogens with zero attached hydrogens (tertiary/aromatic N) is 4. The molecule has 2 saturated heterocycles. The van der Waals surface area contributed by atoms with Gasteiger partial charge in [0.05, 0.1) is 12.6 Å². The first-order valence-electron chi connectivity index (χ1n) is 8.75. The molecule has 3 amide bonds. The molecule has 2 unspecified atom stereocenters. The molecule has 2 bridgehead atoms. The molecule has 3 N–H and O–H groups in total. The Morgan fingerprint density at radius 2 is 1.33 bits per heavy atom. The van der Waals surface area contributed by atoms with E-state index in [1.54, 1.807) is 18.7 Å². The summed E-state index contributed by atoms with van der Waals surface area (Å²) in [6.45, 7) is 3.90. The van der Waals surface area contributed by atoms with Crippen molar-refractivity contribution >= 4 is 24.1 Å². The number of fused-ring (bicyclic) bond motifs is 2. The number of amides is 3. The van der Waals surface area contributed by atoms with Gasteiger partial charge in [0.2, 0.25) is 0 Å². The van der Waals surface area contributed by atoms with Gasteiger partial charge >= 0.3 is 18.3 Å². The van der Waals surface area contributed by atoms with Crippen LogP contribution in [0.1, 0.15) is 13.8 Å². The molecule has 0 radical (unpaired) electrons. The summed E-state index contributed by atoms with van der Waals surface area (Å²) in [6, 6.07) is -0.649. The van der Waals surface area contributed by atoms with Crippen molar-refractivity contribution in [3.8, 4) is 0 Å². The highest BCUT2D eigenvalue weighted by atomic mass is 16.4. The Morgan fingerprint density at radius 3 is 1.81 bits per heavy atom. The van der Waals surface area contributed by atoms with Crippen LogP contribution >= 0.6 is 0 Å². The lowest BCUT2D eigenvalue weighted by Crippen LogP contribution is -2.64. The summed E-state index contributed by atoms with van der Waals surface area (Å²) in [4.78, 5) is 52.3. The molecule has 2 rings (SSSR count). The van der Waals surface area contributed by atoms with E-state index in [-0.39, 0.29) is 58.1 Å². The molecule has 0 aromatic rings. The van der Waals surface area contributed by atoms with Crippen LogP contribution in [0.15, 0.2) is 0 Å². The highest BCUT2D eigenvalue weighted by Gasteiger charge is 2.46. The van der Waals surface area contributed by atoms with Crippen LogP contribution in [0.4, 0.5) is 14.4 Å². The van der Waals surface area contributed by atoms with Crippen molar-refractivity contribution in [1.29, 1.82) is 0 Å². The Morgan fingerprint density at radius 1 is 0.852 bits per heavy atom. The normalized spacial score (nSPS) is 26.7. The van der Waals surface area contributed by atoms with E-state index in [0.29, 0.717) is 0 Å². The summed E-state index contributed by atoms with van der Waals surface area (Å²) in [5, 5.41) is 28.3. The molecule has 2 fully saturated rings. The van der Waals surface area contributed by atoms with Gasteiger partial charge in [0.25, 0.3) is 0 Å². The van der Waals surface area contributed by atoms with Crippen molar-refractivity contribution in [3.63, 3.8) is 0 Å². The Labute approximate surface area is 156 Å². The second-order valence-corrected chi connectivity index (χ2v) is 7.41. The lowest BCUT2D eigenvalue weighted by Gasteiger charge is -2.47. The minimum atomic E-state index is -1.25. The molecular weight excluding hydrogens is 360 g/mol. The second-order valence-electron chi connectivity index (χ2n) is 7.41. The van der Waals surface area contributed by atoms with Crippen molar-refractivity contribution in [3.05, 3.63) is 0 Å². The first-order chi connectivity index (χ1) is 12.5. The Balaban J connectivity index is 2.34. The summed E-state index contributed by atoms with van der Waals surface area (Å²) in [5.74, 6) is -0.126. The van der Waals surface area contributed by atoms with Crippen LogP contribution in [0.2, 0.25) is 0 Å². The summed E-state index contributed by atoms with van der Waals surface area (Å²) in [5.41, 5.74) is -0.917. The van der Waals surface area contributed by atoms with Crippen molar-refractivity contribution < 1.29 is 34.5 Å². The van der Waals surface area contributed by atoms with Crippen LogP contribution < -0.4 is 0 Å². The van der Waals surface area contributed by atoms with E-state index in [1.165, 1.54) is 0 Å². The molecule has 0 aromatic heterocycles. The van der Waals surface area contributed by atoms with E-state index in [1.807, 2.05) is 0 Å². The van der Waals surface area contributed by atoms with Crippen LogP contribution in [0.5, 0.6) is 0 Å². The molecule has 2 atom stereocenters. The number of carbonyl (C=O) groups is 4. The predicted molar refractivity (Wildman–Crippen MR) is 92.9 cm³/mol. The molecule has 0 saturated carbocycles. The van der Waals surface area contributed by atoms with Gasteiger partial charge in [-0.25, -0.2) is 14.4 Å². The SMILES string of the molecule is CC1(C)C(=O)CN2CCN(C(=O)O)CCN(C(=O)O)CCN(C(=O)O)C1C2. The summed E-state index contributed by atoms with van der Waals surface area (Å²) >= 11 is 0. The maximum Gasteiger partial charge on any atom is 0.407 e. The first kappa shape index (κ1) is 20.7. The van der Waals surface area contributed by atoms with E-state index in [4.69, 9.17) is 0 Å². The van der Waals surface area contributed by atoms with Crippen molar-refractivity contribution in [2.24, 2.45) is 5.41 Å². The lowest BCUT2D eigenvalue weighted by atomic mass is 9.76. The maximum atomic E-state index is 12.6. The average Bonchev–Trinajstić information content (AvgIpc) is 2.54. The van der Waals surface area contributed by atoms with Gasteiger partial charge in [0.1, 0.15) is 0 Å². The van der Waals surface area contributed by atoms with E-state index in [0.717, 1.165) is 14.7 Å². The number of hydrogen-bond acceptors (Lipinski definition) is 5. The first-order valence-corrected chi connectivity index (χ1v) is 8.75. The topological polar surface area (TPSA) is 142 Å². The maximum absolute atomic E-state index is 12.6. The number of Topliss-reactive ketones (excluding diaryl/α,β-unsaturated/α-hetero) is 1. The number of piperidine rings is 1. The molecule has 27 heavy (non-hydrogen) atoms. The van der Waals surface area contributed by atoms with Gasteiger partial charge in [0.15, 0.2) is 5.78 Å². The molecular formula is C16H26N4O7. The Bertz CT molecular complexity index is 624. The van der Waals surface area contributed by atoms with Gasteiger partial charge in [-0.3, -0.25) is 9.69 Å².